The number of hydrogen-bond donors (Lipinski definition) is 1. The highest BCUT2D eigenvalue weighted by molar-refractivity contribution is 4.90. The molecule has 11 heavy (non-hydrogen) atoms. The number of hydrogen-bond acceptors (Lipinski definition) is 2. The predicted octanol–water partition coefficient (Wildman–Crippen LogP) is 1.31. The van der Waals surface area contributed by atoms with E-state index in [1.165, 1.54) is 32.1 Å². The van der Waals surface area contributed by atoms with Crippen LogP contribution in [0, 0.1) is 0 Å². The Bertz CT molecular complexity index is 122. The van der Waals surface area contributed by atoms with Gasteiger partial charge in [0.25, 0.3) is 0 Å². The summed E-state index contributed by atoms with van der Waals surface area (Å²) in [6.07, 6.45) is 6.39. The Hall–Kier alpha value is -0.0800. The summed E-state index contributed by atoms with van der Waals surface area (Å²) >= 11 is 0. The van der Waals surface area contributed by atoms with E-state index in [1.54, 1.807) is 0 Å². The molecule has 2 fully saturated rings. The summed E-state index contributed by atoms with van der Waals surface area (Å²) in [7, 11) is 0. The van der Waals surface area contributed by atoms with E-state index in [2.05, 4.69) is 5.32 Å². The molecule has 0 atom stereocenters. The van der Waals surface area contributed by atoms with Gasteiger partial charge in [-0.15, -0.1) is 0 Å². The lowest BCUT2D eigenvalue weighted by Gasteiger charge is -2.43. The van der Waals surface area contributed by atoms with E-state index in [4.69, 9.17) is 4.74 Å². The zero-order valence-corrected chi connectivity index (χ0v) is 7.07. The van der Waals surface area contributed by atoms with Gasteiger partial charge in [-0.05, 0) is 45.2 Å². The van der Waals surface area contributed by atoms with Crippen molar-refractivity contribution in [3.8, 4) is 0 Å². The first-order chi connectivity index (χ1) is 5.41. The predicted molar refractivity (Wildman–Crippen MR) is 44.6 cm³/mol. The maximum atomic E-state index is 5.87. The quantitative estimate of drug-likeness (QED) is 0.569. The molecule has 1 aliphatic heterocycles. The molecule has 1 heterocycles. The van der Waals surface area contributed by atoms with Crippen LogP contribution in [-0.2, 0) is 4.74 Å². The minimum atomic E-state index is 0.313. The molecule has 1 saturated carbocycles. The summed E-state index contributed by atoms with van der Waals surface area (Å²) in [5.74, 6) is 0. The van der Waals surface area contributed by atoms with Gasteiger partial charge in [0.15, 0.2) is 0 Å². The van der Waals surface area contributed by atoms with Crippen LogP contribution in [0.25, 0.3) is 0 Å². The van der Waals surface area contributed by atoms with Crippen molar-refractivity contribution in [3.05, 3.63) is 0 Å². The molecule has 1 aliphatic carbocycles. The van der Waals surface area contributed by atoms with E-state index in [9.17, 15) is 0 Å². The molecule has 0 radical (unpaired) electrons. The topological polar surface area (TPSA) is 21.3 Å². The maximum absolute atomic E-state index is 5.87. The molecule has 0 unspecified atom stereocenters. The lowest BCUT2D eigenvalue weighted by molar-refractivity contribution is -0.109. The van der Waals surface area contributed by atoms with Crippen LogP contribution >= 0.6 is 0 Å². The van der Waals surface area contributed by atoms with Crippen LogP contribution in [0.5, 0.6) is 0 Å². The third-order valence-corrected chi connectivity index (χ3v) is 2.93. The monoisotopic (exact) mass is 155 g/mol. The molecule has 2 aliphatic rings. The number of nitrogens with one attached hydrogen (secondary N) is 1. The molecule has 0 aromatic carbocycles. The van der Waals surface area contributed by atoms with Gasteiger partial charge in [-0.3, -0.25) is 0 Å². The van der Waals surface area contributed by atoms with Crippen molar-refractivity contribution in [2.75, 3.05) is 19.7 Å². The lowest BCUT2D eigenvalue weighted by Crippen LogP contribution is -2.44. The molecule has 2 nitrogen and oxygen atoms in total. The first-order valence-electron chi connectivity index (χ1n) is 4.76. The average molecular weight is 155 g/mol. The Morgan fingerprint density at radius 2 is 1.91 bits per heavy atom. The van der Waals surface area contributed by atoms with E-state index in [0.29, 0.717) is 5.60 Å². The van der Waals surface area contributed by atoms with Crippen molar-refractivity contribution >= 4 is 0 Å². The zero-order chi connectivity index (χ0) is 7.57. The number of ether oxygens (including phenoxy) is 1. The molecule has 2 rings (SSSR count). The minimum Gasteiger partial charge on any atom is -0.375 e. The fourth-order valence-corrected chi connectivity index (χ4v) is 1.96. The summed E-state index contributed by atoms with van der Waals surface area (Å²) in [5, 5.41) is 3.43. The van der Waals surface area contributed by atoms with E-state index >= 15 is 0 Å². The van der Waals surface area contributed by atoms with Gasteiger partial charge < -0.3 is 10.1 Å². The van der Waals surface area contributed by atoms with Crippen LogP contribution in [0.1, 0.15) is 32.1 Å². The smallest absolute Gasteiger partial charge is 0.0694 e. The van der Waals surface area contributed by atoms with Gasteiger partial charge in [0.2, 0.25) is 0 Å². The first kappa shape index (κ1) is 7.56. The first-order valence-corrected chi connectivity index (χ1v) is 4.76. The highest BCUT2D eigenvalue weighted by Gasteiger charge is 2.37. The summed E-state index contributed by atoms with van der Waals surface area (Å²) in [6, 6.07) is 0. The normalized spacial score (nSPS) is 30.5. The highest BCUT2D eigenvalue weighted by Crippen LogP contribution is 2.38. The van der Waals surface area contributed by atoms with Gasteiger partial charge in [-0.25, -0.2) is 0 Å². The molecule has 2 heteroatoms. The second kappa shape index (κ2) is 3.11. The van der Waals surface area contributed by atoms with E-state index < -0.39 is 0 Å². The van der Waals surface area contributed by atoms with Gasteiger partial charge in [0.05, 0.1) is 5.60 Å². The van der Waals surface area contributed by atoms with Gasteiger partial charge >= 0.3 is 0 Å². The third-order valence-electron chi connectivity index (χ3n) is 2.93. The maximum Gasteiger partial charge on any atom is 0.0694 e. The third kappa shape index (κ3) is 1.57. The Morgan fingerprint density at radius 1 is 1.00 bits per heavy atom. The molecule has 0 aromatic heterocycles. The van der Waals surface area contributed by atoms with Crippen LogP contribution in [0.3, 0.4) is 0 Å². The lowest BCUT2D eigenvalue weighted by atomic mass is 9.77. The molecule has 0 aromatic rings. The number of rotatable bonds is 0. The molecular formula is C9H17NO. The Balaban J connectivity index is 1.86. The highest BCUT2D eigenvalue weighted by atomic mass is 16.5. The van der Waals surface area contributed by atoms with Crippen LogP contribution in [0.2, 0.25) is 0 Å². The van der Waals surface area contributed by atoms with E-state index in [1.807, 2.05) is 0 Å². The zero-order valence-electron chi connectivity index (χ0n) is 7.07. The van der Waals surface area contributed by atoms with Crippen LogP contribution < -0.4 is 5.32 Å². The van der Waals surface area contributed by atoms with Crippen molar-refractivity contribution in [2.45, 2.75) is 37.7 Å². The minimum absolute atomic E-state index is 0.313. The average Bonchev–Trinajstić information content (AvgIpc) is 1.82. The summed E-state index contributed by atoms with van der Waals surface area (Å²) in [5.41, 5.74) is 0.313. The van der Waals surface area contributed by atoms with E-state index in [-0.39, 0.29) is 0 Å². The second-order valence-electron chi connectivity index (χ2n) is 3.74. The molecule has 64 valence electrons. The standard InChI is InChI=1S/C9H17NO/c1-3-9(4-1)5-7-10-6-2-8-11-9/h10H,1-8H2. The molecular weight excluding hydrogens is 138 g/mol. The van der Waals surface area contributed by atoms with Crippen LogP contribution in [0.15, 0.2) is 0 Å². The molecule has 0 amide bonds. The van der Waals surface area contributed by atoms with Crippen molar-refractivity contribution in [3.63, 3.8) is 0 Å². The summed E-state index contributed by atoms with van der Waals surface area (Å²) in [4.78, 5) is 0. The Labute approximate surface area is 68.3 Å². The molecule has 1 N–H and O–H groups in total. The van der Waals surface area contributed by atoms with E-state index in [0.717, 1.165) is 19.7 Å². The molecule has 1 saturated heterocycles. The SMILES string of the molecule is C1CNCCC2(CCC2)OC1. The molecule has 0 bridgehead atoms. The fourth-order valence-electron chi connectivity index (χ4n) is 1.96. The van der Waals surface area contributed by atoms with Crippen LogP contribution in [0.4, 0.5) is 0 Å². The van der Waals surface area contributed by atoms with Gasteiger partial charge in [-0.1, -0.05) is 0 Å². The van der Waals surface area contributed by atoms with Crippen molar-refractivity contribution in [1.82, 2.24) is 5.32 Å². The Kier molecular flexibility index (Phi) is 2.14. The summed E-state index contributed by atoms with van der Waals surface area (Å²) in [6.45, 7) is 3.25. The second-order valence-corrected chi connectivity index (χ2v) is 3.74. The fraction of sp³-hybridized carbons (Fsp3) is 1.00. The van der Waals surface area contributed by atoms with Gasteiger partial charge in [0, 0.05) is 6.61 Å². The van der Waals surface area contributed by atoms with Crippen LogP contribution in [-0.4, -0.2) is 25.3 Å². The molecule has 1 spiro atoms. The van der Waals surface area contributed by atoms with Crippen molar-refractivity contribution in [2.24, 2.45) is 0 Å². The largest absolute Gasteiger partial charge is 0.375 e. The Morgan fingerprint density at radius 3 is 2.64 bits per heavy atom. The van der Waals surface area contributed by atoms with Gasteiger partial charge in [-0.2, -0.15) is 0 Å². The van der Waals surface area contributed by atoms with Crippen molar-refractivity contribution in [1.29, 1.82) is 0 Å². The van der Waals surface area contributed by atoms with Gasteiger partial charge in [0.1, 0.15) is 0 Å². The summed E-state index contributed by atoms with van der Waals surface area (Å²) < 4.78 is 5.87. The van der Waals surface area contributed by atoms with Crippen molar-refractivity contribution < 1.29 is 4.74 Å².